The van der Waals surface area contributed by atoms with E-state index in [0.29, 0.717) is 0 Å². The van der Waals surface area contributed by atoms with Crippen molar-refractivity contribution < 1.29 is 17.7 Å². The Balaban J connectivity index is 0. The second-order valence-electron chi connectivity index (χ2n) is 4.63. The van der Waals surface area contributed by atoms with Gasteiger partial charge in [-0.2, -0.15) is 0 Å². The highest BCUT2D eigenvalue weighted by atomic mass is 28.4. The summed E-state index contributed by atoms with van der Waals surface area (Å²) in [6.07, 6.45) is 2.32. The van der Waals surface area contributed by atoms with E-state index in [2.05, 4.69) is 13.8 Å². The van der Waals surface area contributed by atoms with Crippen LogP contribution in [-0.4, -0.2) is 45.6 Å². The molecule has 0 aliphatic carbocycles. The zero-order valence-electron chi connectivity index (χ0n) is 13.5. The molecule has 0 amide bonds. The molecule has 0 saturated heterocycles. The predicted octanol–water partition coefficient (Wildman–Crippen LogP) is 3.52. The Morgan fingerprint density at radius 1 is 0.667 bits per heavy atom. The van der Waals surface area contributed by atoms with Gasteiger partial charge >= 0.3 is 17.1 Å². The van der Waals surface area contributed by atoms with Crippen molar-refractivity contribution in [3.8, 4) is 0 Å². The molecule has 18 heavy (non-hydrogen) atoms. The smallest absolute Gasteiger partial charge is 0.337 e. The van der Waals surface area contributed by atoms with E-state index in [-0.39, 0.29) is 0 Å². The second-order valence-corrected chi connectivity index (χ2v) is 11.9. The Kier molecular flexibility index (Phi) is 12.7. The summed E-state index contributed by atoms with van der Waals surface area (Å²) >= 11 is 0. The summed E-state index contributed by atoms with van der Waals surface area (Å²) in [5.41, 5.74) is 0. The highest BCUT2D eigenvalue weighted by molar-refractivity contribution is 6.67. The molecule has 0 atom stereocenters. The average Bonchev–Trinajstić information content (AvgIpc) is 2.39. The fourth-order valence-electron chi connectivity index (χ4n) is 1.46. The molecule has 0 heterocycles. The fraction of sp³-hybridized carbons (Fsp3) is 1.00. The van der Waals surface area contributed by atoms with Crippen molar-refractivity contribution in [2.45, 2.75) is 51.9 Å². The molecule has 6 heteroatoms. The summed E-state index contributed by atoms with van der Waals surface area (Å²) < 4.78 is 21.0. The molecule has 0 fully saturated rings. The molecule has 0 spiro atoms. The summed E-state index contributed by atoms with van der Waals surface area (Å²) in [6, 6.07) is 2.24. The van der Waals surface area contributed by atoms with Crippen LogP contribution in [0.25, 0.3) is 0 Å². The quantitative estimate of drug-likeness (QED) is 0.642. The standard InChI is InChI=1S/C8H20O2Si.C4H12O2Si/c1-5-7-11(9-3,10-4)8-6-2;1-5-7(3,4)6-2/h5-8H2,1-4H3;1-4H3. The lowest BCUT2D eigenvalue weighted by atomic mass is 10.6. The topological polar surface area (TPSA) is 36.9 Å². The van der Waals surface area contributed by atoms with Crippen LogP contribution in [0.4, 0.5) is 0 Å². The van der Waals surface area contributed by atoms with Crippen molar-refractivity contribution in [2.75, 3.05) is 28.4 Å². The SMILES string of the molecule is CCC[Si](CCC)(OC)OC.CO[Si](C)(C)OC. The van der Waals surface area contributed by atoms with Crippen LogP contribution in [-0.2, 0) is 17.7 Å². The lowest BCUT2D eigenvalue weighted by Gasteiger charge is -2.26. The van der Waals surface area contributed by atoms with Gasteiger partial charge < -0.3 is 17.7 Å². The van der Waals surface area contributed by atoms with Gasteiger partial charge in [0.1, 0.15) is 0 Å². The maximum absolute atomic E-state index is 5.48. The largest absolute Gasteiger partial charge is 0.398 e. The van der Waals surface area contributed by atoms with Gasteiger partial charge in [-0.05, 0) is 25.2 Å². The maximum Gasteiger partial charge on any atom is 0.337 e. The zero-order valence-corrected chi connectivity index (χ0v) is 15.5. The van der Waals surface area contributed by atoms with E-state index < -0.39 is 17.1 Å². The molecule has 0 saturated carbocycles. The van der Waals surface area contributed by atoms with E-state index in [9.17, 15) is 0 Å². The molecule has 0 N–H and O–H groups in total. The molecule has 0 bridgehead atoms. The summed E-state index contributed by atoms with van der Waals surface area (Å²) in [5, 5.41) is 0. The lowest BCUT2D eigenvalue weighted by Crippen LogP contribution is -2.39. The Hall–Kier alpha value is 0.274. The Morgan fingerprint density at radius 3 is 1.11 bits per heavy atom. The zero-order chi connectivity index (χ0) is 14.7. The summed E-state index contributed by atoms with van der Waals surface area (Å²) in [5.74, 6) is 0. The Morgan fingerprint density at radius 2 is 1.00 bits per heavy atom. The van der Waals surface area contributed by atoms with Crippen LogP contribution < -0.4 is 0 Å². The first-order valence-electron chi connectivity index (χ1n) is 6.57. The van der Waals surface area contributed by atoms with Crippen LogP contribution in [0.2, 0.25) is 25.2 Å². The van der Waals surface area contributed by atoms with E-state index in [0.717, 1.165) is 24.9 Å². The van der Waals surface area contributed by atoms with Crippen molar-refractivity contribution in [3.63, 3.8) is 0 Å². The highest BCUT2D eigenvalue weighted by Crippen LogP contribution is 2.20. The molecule has 0 aliphatic heterocycles. The minimum atomic E-state index is -1.74. The van der Waals surface area contributed by atoms with Crippen LogP contribution in [0.15, 0.2) is 0 Å². The summed E-state index contributed by atoms with van der Waals surface area (Å²) in [4.78, 5) is 0. The van der Waals surface area contributed by atoms with Crippen LogP contribution in [0.1, 0.15) is 26.7 Å². The molecule has 0 rings (SSSR count). The van der Waals surface area contributed by atoms with Gasteiger partial charge in [-0.15, -0.1) is 0 Å². The first-order chi connectivity index (χ1) is 8.36. The van der Waals surface area contributed by atoms with Crippen LogP contribution in [0, 0.1) is 0 Å². The molecule has 112 valence electrons. The van der Waals surface area contributed by atoms with Crippen molar-refractivity contribution in [3.05, 3.63) is 0 Å². The van der Waals surface area contributed by atoms with E-state index >= 15 is 0 Å². The number of rotatable bonds is 8. The first kappa shape index (κ1) is 20.6. The van der Waals surface area contributed by atoms with Crippen LogP contribution in [0.3, 0.4) is 0 Å². The number of hydrogen-bond acceptors (Lipinski definition) is 4. The summed E-state index contributed by atoms with van der Waals surface area (Å²) in [7, 11) is 3.52. The third-order valence-corrected chi connectivity index (χ3v) is 8.97. The van der Waals surface area contributed by atoms with E-state index in [1.807, 2.05) is 13.1 Å². The molecular weight excluding hydrogens is 264 g/mol. The lowest BCUT2D eigenvalue weighted by molar-refractivity contribution is 0.240. The van der Waals surface area contributed by atoms with Crippen molar-refractivity contribution in [1.82, 2.24) is 0 Å². The van der Waals surface area contributed by atoms with Crippen molar-refractivity contribution in [2.24, 2.45) is 0 Å². The third kappa shape index (κ3) is 9.24. The molecule has 0 aliphatic rings. The van der Waals surface area contributed by atoms with E-state index in [4.69, 9.17) is 17.7 Å². The van der Waals surface area contributed by atoms with Gasteiger partial charge in [0.05, 0.1) is 0 Å². The van der Waals surface area contributed by atoms with Crippen LogP contribution in [0.5, 0.6) is 0 Å². The molecule has 0 aromatic rings. The molecule has 0 unspecified atom stereocenters. The second kappa shape index (κ2) is 11.1. The van der Waals surface area contributed by atoms with E-state index in [1.54, 1.807) is 28.4 Å². The molecule has 0 radical (unpaired) electrons. The van der Waals surface area contributed by atoms with Gasteiger partial charge in [-0.3, -0.25) is 0 Å². The van der Waals surface area contributed by atoms with Crippen molar-refractivity contribution >= 4 is 17.1 Å². The Bertz CT molecular complexity index is 171. The monoisotopic (exact) mass is 296 g/mol. The minimum Gasteiger partial charge on any atom is -0.398 e. The van der Waals surface area contributed by atoms with Crippen molar-refractivity contribution in [1.29, 1.82) is 0 Å². The molecular formula is C12H32O4Si2. The van der Waals surface area contributed by atoms with Gasteiger partial charge in [0.25, 0.3) is 0 Å². The third-order valence-electron chi connectivity index (χ3n) is 2.99. The van der Waals surface area contributed by atoms with Gasteiger partial charge in [-0.1, -0.05) is 26.7 Å². The molecule has 0 aromatic carbocycles. The van der Waals surface area contributed by atoms with Gasteiger partial charge in [0, 0.05) is 28.4 Å². The van der Waals surface area contributed by atoms with Gasteiger partial charge in [0.15, 0.2) is 0 Å². The van der Waals surface area contributed by atoms with Gasteiger partial charge in [-0.25, -0.2) is 0 Å². The highest BCUT2D eigenvalue weighted by Gasteiger charge is 2.32. The van der Waals surface area contributed by atoms with Crippen LogP contribution >= 0.6 is 0 Å². The molecule has 4 nitrogen and oxygen atoms in total. The number of hydrogen-bond donors (Lipinski definition) is 0. The first-order valence-corrected chi connectivity index (χ1v) is 11.6. The van der Waals surface area contributed by atoms with E-state index in [1.165, 1.54) is 0 Å². The van der Waals surface area contributed by atoms with Gasteiger partial charge in [0.2, 0.25) is 0 Å². The average molecular weight is 297 g/mol. The Labute approximate surface area is 115 Å². The fourth-order valence-corrected chi connectivity index (χ4v) is 4.39. The predicted molar refractivity (Wildman–Crippen MR) is 81.5 cm³/mol. The minimum absolute atomic E-state index is 1.12. The molecule has 0 aromatic heterocycles. The summed E-state index contributed by atoms with van der Waals surface area (Å²) in [6.45, 7) is 8.34. The normalized spacial score (nSPS) is 12.0. The maximum atomic E-state index is 5.48.